The van der Waals surface area contributed by atoms with Crippen LogP contribution in [0.4, 0.5) is 5.82 Å². The van der Waals surface area contributed by atoms with E-state index in [0.29, 0.717) is 0 Å². The van der Waals surface area contributed by atoms with Gasteiger partial charge in [0.05, 0.1) is 12.9 Å². The van der Waals surface area contributed by atoms with Gasteiger partial charge in [0.2, 0.25) is 0 Å². The number of terminal acetylenes is 1. The predicted octanol–water partition coefficient (Wildman–Crippen LogP) is -0.862. The van der Waals surface area contributed by atoms with Crippen LogP contribution in [-0.2, 0) is 31.6 Å². The van der Waals surface area contributed by atoms with Gasteiger partial charge in [0, 0.05) is 12.6 Å². The van der Waals surface area contributed by atoms with Gasteiger partial charge in [0.25, 0.3) is 0 Å². The highest BCUT2D eigenvalue weighted by atomic mass is 31.3. The summed E-state index contributed by atoms with van der Waals surface area (Å²) >= 11 is 0. The lowest BCUT2D eigenvalue weighted by Gasteiger charge is -2.26. The first kappa shape index (κ1) is 26.0. The summed E-state index contributed by atoms with van der Waals surface area (Å²) in [4.78, 5) is 55.5. The number of phosphoric acid groups is 3. The Morgan fingerprint density at radius 1 is 1.24 bits per heavy atom. The minimum Gasteiger partial charge on any atom is -0.386 e. The van der Waals surface area contributed by atoms with Crippen LogP contribution in [0.25, 0.3) is 0 Å². The molecule has 17 nitrogen and oxygen atoms in total. The quantitative estimate of drug-likeness (QED) is 0.176. The monoisotopic (exact) mass is 531 g/mol. The molecule has 0 amide bonds. The number of aliphatic hydroxyl groups is 2. The lowest BCUT2D eigenvalue weighted by Crippen LogP contribution is -2.45. The lowest BCUT2D eigenvalue weighted by atomic mass is 9.95. The number of carbonyl (C=O) groups excluding carboxylic acids is 1. The number of carbonyl (C=O) groups is 1. The topological polar surface area (TPSA) is 257 Å². The summed E-state index contributed by atoms with van der Waals surface area (Å²) in [6, 6.07) is 0. The maximum atomic E-state index is 11.9. The van der Waals surface area contributed by atoms with Crippen LogP contribution in [-0.4, -0.2) is 75.8 Å². The number of aliphatic imine (C=N–C) groups is 1. The molecule has 1 fully saturated rings. The third-order valence-electron chi connectivity index (χ3n) is 4.31. The number of aromatic nitrogens is 2. The van der Waals surface area contributed by atoms with E-state index in [1.165, 1.54) is 6.21 Å². The van der Waals surface area contributed by atoms with Gasteiger partial charge < -0.3 is 34.5 Å². The number of hydrogen-bond acceptors (Lipinski definition) is 12. The second-order valence-electron chi connectivity index (χ2n) is 6.59. The Balaban J connectivity index is 1.77. The zero-order valence-corrected chi connectivity index (χ0v) is 18.7. The maximum Gasteiger partial charge on any atom is 0.490 e. The fourth-order valence-electron chi connectivity index (χ4n) is 2.97. The summed E-state index contributed by atoms with van der Waals surface area (Å²) in [6.07, 6.45) is 2.43. The predicted molar refractivity (Wildman–Crippen MR) is 103 cm³/mol. The van der Waals surface area contributed by atoms with Crippen molar-refractivity contribution >= 4 is 41.3 Å². The molecule has 6 atom stereocenters. The standard InChI is InChI=1S/C13H16N3O14P3/c1-2-13(19)10(18)8(5-27-32(23,24)30-33(25,26)29-31(20,21)22)28-12(13)16-6-15-9-7(17)3-4-14-11(9)16/h1,4,6,8,10,12,18-19H,3,5H2,(H,23,24)(H,25,26)(H2,20,21,22)/t8-,10-,12-,13-/m1/s1. The molecule has 0 aromatic carbocycles. The smallest absolute Gasteiger partial charge is 0.386 e. The molecule has 3 heterocycles. The molecule has 0 radical (unpaired) electrons. The van der Waals surface area contributed by atoms with Crippen LogP contribution >= 0.6 is 23.5 Å². The van der Waals surface area contributed by atoms with Gasteiger partial charge in [-0.25, -0.2) is 23.7 Å². The third kappa shape index (κ3) is 5.56. The zero-order chi connectivity index (χ0) is 24.8. The van der Waals surface area contributed by atoms with Gasteiger partial charge in [0.15, 0.2) is 29.1 Å². The molecule has 2 aliphatic heterocycles. The van der Waals surface area contributed by atoms with Crippen LogP contribution in [0.1, 0.15) is 23.1 Å². The Kier molecular flexibility index (Phi) is 7.00. The molecule has 6 N–H and O–H groups in total. The number of ether oxygens (including phenoxy) is 1. The second kappa shape index (κ2) is 8.88. The second-order valence-corrected chi connectivity index (χ2v) is 11.0. The largest absolute Gasteiger partial charge is 0.490 e. The van der Waals surface area contributed by atoms with Gasteiger partial charge >= 0.3 is 23.5 Å². The van der Waals surface area contributed by atoms with Crippen molar-refractivity contribution in [3.63, 3.8) is 0 Å². The Bertz CT molecular complexity index is 1170. The average molecular weight is 531 g/mol. The summed E-state index contributed by atoms with van der Waals surface area (Å²) in [5, 5.41) is 21.2. The molecular formula is C13H16N3O14P3. The van der Waals surface area contributed by atoms with E-state index in [0.717, 1.165) is 10.9 Å². The number of hydrogen-bond donors (Lipinski definition) is 6. The summed E-state index contributed by atoms with van der Waals surface area (Å²) < 4.78 is 52.0. The number of phosphoric ester groups is 1. The van der Waals surface area contributed by atoms with Crippen molar-refractivity contribution in [3.8, 4) is 12.3 Å². The summed E-state index contributed by atoms with van der Waals surface area (Å²) in [7, 11) is -16.9. The molecule has 3 rings (SSSR count). The maximum absolute atomic E-state index is 11.9. The van der Waals surface area contributed by atoms with Crippen LogP contribution in [0, 0.1) is 12.3 Å². The highest BCUT2D eigenvalue weighted by Crippen LogP contribution is 2.66. The fourth-order valence-corrected chi connectivity index (χ4v) is 6.00. The molecule has 33 heavy (non-hydrogen) atoms. The van der Waals surface area contributed by atoms with Crippen molar-refractivity contribution in [3.05, 3.63) is 12.0 Å². The lowest BCUT2D eigenvalue weighted by molar-refractivity contribution is -0.0727. The van der Waals surface area contributed by atoms with Crippen LogP contribution in [0.2, 0.25) is 0 Å². The third-order valence-corrected chi connectivity index (χ3v) is 8.11. The van der Waals surface area contributed by atoms with Gasteiger partial charge in [0.1, 0.15) is 12.2 Å². The first-order valence-corrected chi connectivity index (χ1v) is 13.1. The average Bonchev–Trinajstić information content (AvgIpc) is 3.18. The Hall–Kier alpha value is -1.60. The van der Waals surface area contributed by atoms with E-state index in [4.69, 9.17) is 25.8 Å². The van der Waals surface area contributed by atoms with E-state index in [9.17, 15) is 33.6 Å². The zero-order valence-electron chi connectivity index (χ0n) is 16.0. The summed E-state index contributed by atoms with van der Waals surface area (Å²) in [5.74, 6) is 1.50. The van der Waals surface area contributed by atoms with Crippen LogP contribution in [0.5, 0.6) is 0 Å². The van der Waals surface area contributed by atoms with E-state index < -0.39 is 54.1 Å². The minimum atomic E-state index is -5.76. The molecule has 0 spiro atoms. The molecule has 182 valence electrons. The molecule has 20 heteroatoms. The molecule has 0 saturated carbocycles. The molecule has 0 aliphatic carbocycles. The Morgan fingerprint density at radius 3 is 2.52 bits per heavy atom. The minimum absolute atomic E-state index is 0.0136. The van der Waals surface area contributed by atoms with Gasteiger partial charge in [-0.1, -0.05) is 5.92 Å². The van der Waals surface area contributed by atoms with Crippen molar-refractivity contribution < 1.29 is 66.2 Å². The molecule has 1 saturated heterocycles. The van der Waals surface area contributed by atoms with Crippen molar-refractivity contribution in [2.24, 2.45) is 4.99 Å². The van der Waals surface area contributed by atoms with E-state index in [1.807, 2.05) is 5.92 Å². The molecule has 2 unspecified atom stereocenters. The van der Waals surface area contributed by atoms with Gasteiger partial charge in [-0.3, -0.25) is 13.9 Å². The van der Waals surface area contributed by atoms with Crippen LogP contribution in [0.3, 0.4) is 0 Å². The molecule has 1 aromatic rings. The van der Waals surface area contributed by atoms with E-state index in [2.05, 4.69) is 23.1 Å². The normalized spacial score (nSPS) is 30.9. The van der Waals surface area contributed by atoms with Crippen LogP contribution in [0.15, 0.2) is 11.3 Å². The highest BCUT2D eigenvalue weighted by molar-refractivity contribution is 7.66. The number of nitrogens with zero attached hydrogens (tertiary/aromatic N) is 3. The number of ketones is 1. The number of fused-ring (bicyclic) bond motifs is 1. The van der Waals surface area contributed by atoms with Crippen molar-refractivity contribution in [1.82, 2.24) is 9.55 Å². The highest BCUT2D eigenvalue weighted by Gasteiger charge is 2.57. The number of imidazole rings is 1. The molecule has 1 aromatic heterocycles. The van der Waals surface area contributed by atoms with E-state index >= 15 is 0 Å². The van der Waals surface area contributed by atoms with Gasteiger partial charge in [-0.2, -0.15) is 8.62 Å². The van der Waals surface area contributed by atoms with Crippen molar-refractivity contribution in [2.45, 2.75) is 30.5 Å². The Labute approximate surface area is 184 Å². The van der Waals surface area contributed by atoms with Crippen molar-refractivity contribution in [2.75, 3.05) is 6.61 Å². The Morgan fingerprint density at radius 2 is 1.91 bits per heavy atom. The van der Waals surface area contributed by atoms with Crippen molar-refractivity contribution in [1.29, 1.82) is 0 Å². The first-order chi connectivity index (χ1) is 15.1. The van der Waals surface area contributed by atoms with E-state index in [1.54, 1.807) is 0 Å². The number of aliphatic hydroxyl groups excluding tert-OH is 1. The van der Waals surface area contributed by atoms with Crippen LogP contribution < -0.4 is 0 Å². The molecule has 2 aliphatic rings. The first-order valence-electron chi connectivity index (χ1n) is 8.53. The number of rotatable bonds is 8. The number of Topliss-reactive ketones (excluding diaryl/α,β-unsaturated/α-hetero) is 1. The molecule has 0 bridgehead atoms. The molecular weight excluding hydrogens is 515 g/mol. The van der Waals surface area contributed by atoms with Gasteiger partial charge in [-0.05, 0) is 0 Å². The summed E-state index contributed by atoms with van der Waals surface area (Å²) in [6.45, 7) is -1.08. The summed E-state index contributed by atoms with van der Waals surface area (Å²) in [5.41, 5.74) is -2.53. The fraction of sp³-hybridized carbons (Fsp3) is 0.462. The van der Waals surface area contributed by atoms with Gasteiger partial charge in [-0.15, -0.1) is 6.42 Å². The van der Waals surface area contributed by atoms with E-state index in [-0.39, 0.29) is 23.7 Å². The SMILES string of the molecule is C#C[C@@]1(O)[C@H](O)[C@@H](COP(=O)(O)OP(=O)(O)OP(=O)(O)O)O[C@H]1n1cnc2c1N=CCC2=O.